The predicted molar refractivity (Wildman–Crippen MR) is 108 cm³/mol. The molecule has 0 unspecified atom stereocenters. The Morgan fingerprint density at radius 1 is 1.15 bits per heavy atom. The summed E-state index contributed by atoms with van der Waals surface area (Å²) < 4.78 is 0.975. The van der Waals surface area contributed by atoms with Crippen LogP contribution in [0, 0.1) is 10.1 Å². The number of hydrogen-bond donors (Lipinski definition) is 1. The lowest BCUT2D eigenvalue weighted by Crippen LogP contribution is -2.44. The lowest BCUT2D eigenvalue weighted by atomic mass is 10.1. The number of likely N-dealkylation sites (N-methyl/N-ethyl adjacent to an activating group) is 1. The van der Waals surface area contributed by atoms with E-state index in [2.05, 4.69) is 43.3 Å². The second-order valence-corrected chi connectivity index (χ2v) is 7.05. The molecule has 7 nitrogen and oxygen atoms in total. The van der Waals surface area contributed by atoms with Gasteiger partial charge < -0.3 is 9.80 Å². The molecule has 0 bridgehead atoms. The van der Waals surface area contributed by atoms with Crippen molar-refractivity contribution in [2.45, 2.75) is 0 Å². The Hall–Kier alpha value is -2.45. The highest BCUT2D eigenvalue weighted by Crippen LogP contribution is 2.31. The van der Waals surface area contributed by atoms with E-state index < -0.39 is 0 Å². The van der Waals surface area contributed by atoms with Gasteiger partial charge in [0.15, 0.2) is 0 Å². The van der Waals surface area contributed by atoms with Gasteiger partial charge in [-0.1, -0.05) is 22.0 Å². The van der Waals surface area contributed by atoms with E-state index in [9.17, 15) is 10.1 Å². The number of rotatable bonds is 5. The fourth-order valence-electron chi connectivity index (χ4n) is 2.86. The maximum atomic E-state index is 11.7. The summed E-state index contributed by atoms with van der Waals surface area (Å²) >= 11 is 3.38. The van der Waals surface area contributed by atoms with E-state index in [0.29, 0.717) is 11.3 Å². The molecule has 0 atom stereocenters. The van der Waals surface area contributed by atoms with E-state index in [1.165, 1.54) is 6.21 Å². The van der Waals surface area contributed by atoms with Crippen LogP contribution in [-0.2, 0) is 0 Å². The van der Waals surface area contributed by atoms with Gasteiger partial charge in [-0.15, -0.1) is 0 Å². The number of para-hydroxylation sites is 1. The summed E-state index contributed by atoms with van der Waals surface area (Å²) in [5, 5.41) is 15.9. The maximum Gasteiger partial charge on any atom is 0.301 e. The van der Waals surface area contributed by atoms with Crippen molar-refractivity contribution in [2.24, 2.45) is 5.10 Å². The fourth-order valence-corrected chi connectivity index (χ4v) is 3.12. The van der Waals surface area contributed by atoms with Crippen LogP contribution in [0.4, 0.5) is 17.1 Å². The third kappa shape index (κ3) is 4.39. The second kappa shape index (κ2) is 8.29. The fraction of sp³-hybridized carbons (Fsp3) is 0.278. The monoisotopic (exact) mass is 417 g/mol. The van der Waals surface area contributed by atoms with Crippen LogP contribution in [-0.4, -0.2) is 49.3 Å². The first kappa shape index (κ1) is 18.3. The molecule has 1 fully saturated rings. The van der Waals surface area contributed by atoms with Crippen molar-refractivity contribution in [3.63, 3.8) is 0 Å². The van der Waals surface area contributed by atoms with E-state index in [4.69, 9.17) is 0 Å². The standard InChI is InChI=1S/C18H20BrN5O2/c1-22-9-11-23(12-10-22)17-4-2-3-14(18(17)24(25)26)13-20-21-16-7-5-15(19)6-8-16/h2-8,13,21H,9-12H2,1H3/b20-13+. The van der Waals surface area contributed by atoms with Gasteiger partial charge in [0.05, 0.1) is 22.4 Å². The first-order valence-electron chi connectivity index (χ1n) is 8.30. The summed E-state index contributed by atoms with van der Waals surface area (Å²) in [5.74, 6) is 0. The molecule has 1 aliphatic heterocycles. The zero-order valence-corrected chi connectivity index (χ0v) is 16.0. The highest BCUT2D eigenvalue weighted by atomic mass is 79.9. The van der Waals surface area contributed by atoms with Crippen molar-refractivity contribution in [2.75, 3.05) is 43.6 Å². The van der Waals surface area contributed by atoms with Gasteiger partial charge in [0.2, 0.25) is 0 Å². The molecular weight excluding hydrogens is 398 g/mol. The molecule has 0 spiro atoms. The van der Waals surface area contributed by atoms with Crippen molar-refractivity contribution >= 4 is 39.2 Å². The van der Waals surface area contributed by atoms with Crippen molar-refractivity contribution in [3.05, 3.63) is 62.6 Å². The van der Waals surface area contributed by atoms with E-state index in [-0.39, 0.29) is 10.6 Å². The number of nitrogens with zero attached hydrogens (tertiary/aromatic N) is 4. The number of nitro benzene ring substituents is 1. The topological polar surface area (TPSA) is 74.0 Å². The van der Waals surface area contributed by atoms with Crippen LogP contribution in [0.1, 0.15) is 5.56 Å². The molecule has 1 aliphatic rings. The van der Waals surface area contributed by atoms with Gasteiger partial charge in [0, 0.05) is 30.7 Å². The average molecular weight is 418 g/mol. The molecule has 2 aromatic rings. The molecule has 1 N–H and O–H groups in total. The highest BCUT2D eigenvalue weighted by Gasteiger charge is 2.25. The number of nitro groups is 1. The summed E-state index contributed by atoms with van der Waals surface area (Å²) in [4.78, 5) is 15.7. The number of anilines is 2. The van der Waals surface area contributed by atoms with Crippen LogP contribution < -0.4 is 10.3 Å². The molecule has 0 amide bonds. The van der Waals surface area contributed by atoms with Gasteiger partial charge in [0.25, 0.3) is 0 Å². The number of halogens is 1. The Balaban J connectivity index is 1.82. The van der Waals surface area contributed by atoms with Crippen LogP contribution in [0.15, 0.2) is 52.0 Å². The molecule has 0 aliphatic carbocycles. The van der Waals surface area contributed by atoms with Crippen LogP contribution in [0.25, 0.3) is 0 Å². The van der Waals surface area contributed by atoms with Gasteiger partial charge in [0.1, 0.15) is 5.69 Å². The van der Waals surface area contributed by atoms with Crippen molar-refractivity contribution in [3.8, 4) is 0 Å². The number of benzene rings is 2. The zero-order valence-electron chi connectivity index (χ0n) is 14.4. The normalized spacial score (nSPS) is 15.4. The summed E-state index contributed by atoms with van der Waals surface area (Å²) in [7, 11) is 2.06. The Bertz CT molecular complexity index is 802. The van der Waals surface area contributed by atoms with E-state index in [1.54, 1.807) is 6.07 Å². The summed E-state index contributed by atoms with van der Waals surface area (Å²) in [6, 6.07) is 12.9. The summed E-state index contributed by atoms with van der Waals surface area (Å²) in [6.07, 6.45) is 1.50. The van der Waals surface area contributed by atoms with Crippen LogP contribution in [0.5, 0.6) is 0 Å². The smallest absolute Gasteiger partial charge is 0.301 e. The van der Waals surface area contributed by atoms with Gasteiger partial charge in [-0.2, -0.15) is 5.10 Å². The minimum absolute atomic E-state index is 0.0957. The minimum atomic E-state index is -0.325. The van der Waals surface area contributed by atoms with Crippen molar-refractivity contribution < 1.29 is 4.92 Å². The van der Waals surface area contributed by atoms with E-state index in [0.717, 1.165) is 36.3 Å². The molecule has 3 rings (SSSR count). The molecule has 0 radical (unpaired) electrons. The molecule has 1 saturated heterocycles. The quantitative estimate of drug-likeness (QED) is 0.457. The maximum absolute atomic E-state index is 11.7. The predicted octanol–water partition coefficient (Wildman–Crippen LogP) is 3.56. The van der Waals surface area contributed by atoms with Crippen LogP contribution >= 0.6 is 15.9 Å². The second-order valence-electron chi connectivity index (χ2n) is 6.14. The molecule has 2 aromatic carbocycles. The Kier molecular flexibility index (Phi) is 5.85. The summed E-state index contributed by atoms with van der Waals surface area (Å²) in [5.41, 5.74) is 4.93. The number of hydrogen-bond acceptors (Lipinski definition) is 6. The van der Waals surface area contributed by atoms with Gasteiger partial charge in [-0.3, -0.25) is 15.5 Å². The molecular formula is C18H20BrN5O2. The molecule has 1 heterocycles. The van der Waals surface area contributed by atoms with Gasteiger partial charge >= 0.3 is 5.69 Å². The largest absolute Gasteiger partial charge is 0.363 e. The minimum Gasteiger partial charge on any atom is -0.363 e. The molecule has 0 aromatic heterocycles. The molecule has 136 valence electrons. The Morgan fingerprint density at radius 2 is 1.85 bits per heavy atom. The SMILES string of the molecule is CN1CCN(c2cccc(/C=N/Nc3ccc(Br)cc3)c2[N+](=O)[O-])CC1. The average Bonchev–Trinajstić information content (AvgIpc) is 2.63. The first-order chi connectivity index (χ1) is 12.5. The van der Waals surface area contributed by atoms with Gasteiger partial charge in [-0.05, 0) is 43.4 Å². The van der Waals surface area contributed by atoms with E-state index >= 15 is 0 Å². The lowest BCUT2D eigenvalue weighted by molar-refractivity contribution is -0.384. The third-order valence-corrected chi connectivity index (χ3v) is 4.84. The van der Waals surface area contributed by atoms with E-state index in [1.807, 2.05) is 36.4 Å². The number of hydrazone groups is 1. The number of nitrogens with one attached hydrogen (secondary N) is 1. The lowest BCUT2D eigenvalue weighted by Gasteiger charge is -2.33. The van der Waals surface area contributed by atoms with Crippen molar-refractivity contribution in [1.82, 2.24) is 4.90 Å². The highest BCUT2D eigenvalue weighted by molar-refractivity contribution is 9.10. The Labute approximate surface area is 160 Å². The van der Waals surface area contributed by atoms with Gasteiger partial charge in [-0.25, -0.2) is 0 Å². The van der Waals surface area contributed by atoms with Crippen LogP contribution in [0.3, 0.4) is 0 Å². The van der Waals surface area contributed by atoms with Crippen molar-refractivity contribution in [1.29, 1.82) is 0 Å². The molecule has 0 saturated carbocycles. The molecule has 8 heteroatoms. The molecule has 26 heavy (non-hydrogen) atoms. The first-order valence-corrected chi connectivity index (χ1v) is 9.09. The summed E-state index contributed by atoms with van der Waals surface area (Å²) in [6.45, 7) is 3.32. The Morgan fingerprint density at radius 3 is 2.50 bits per heavy atom. The number of piperazine rings is 1. The zero-order chi connectivity index (χ0) is 18.5. The third-order valence-electron chi connectivity index (χ3n) is 4.31. The van der Waals surface area contributed by atoms with Crippen LogP contribution in [0.2, 0.25) is 0 Å².